The first kappa shape index (κ1) is 16.4. The lowest BCUT2D eigenvalue weighted by Gasteiger charge is -2.22. The minimum absolute atomic E-state index is 0.260. The van der Waals surface area contributed by atoms with Crippen LogP contribution in [0.1, 0.15) is 41.2 Å². The predicted molar refractivity (Wildman–Crippen MR) is 105 cm³/mol. The monoisotopic (exact) mass is 358 g/mol. The fourth-order valence-electron chi connectivity index (χ4n) is 4.21. The summed E-state index contributed by atoms with van der Waals surface area (Å²) in [6.07, 6.45) is 9.46. The number of aryl methyl sites for hydroxylation is 1. The molecule has 5 nitrogen and oxygen atoms in total. The third-order valence-electron chi connectivity index (χ3n) is 5.71. The molecule has 0 bridgehead atoms. The molecular weight excluding hydrogens is 336 g/mol. The summed E-state index contributed by atoms with van der Waals surface area (Å²) >= 11 is 0. The Balaban J connectivity index is 1.62. The summed E-state index contributed by atoms with van der Waals surface area (Å²) in [7, 11) is 0. The highest BCUT2D eigenvalue weighted by Crippen LogP contribution is 2.35. The molecule has 1 aliphatic heterocycles. The van der Waals surface area contributed by atoms with Crippen molar-refractivity contribution in [2.24, 2.45) is 0 Å². The van der Waals surface area contributed by atoms with Crippen molar-refractivity contribution in [3.8, 4) is 22.4 Å². The Morgan fingerprint density at radius 1 is 0.963 bits per heavy atom. The molecule has 5 heteroatoms. The van der Waals surface area contributed by atoms with Gasteiger partial charge in [0.2, 0.25) is 0 Å². The van der Waals surface area contributed by atoms with Crippen molar-refractivity contribution in [1.82, 2.24) is 20.1 Å². The summed E-state index contributed by atoms with van der Waals surface area (Å²) in [4.78, 5) is 16.1. The Kier molecular flexibility index (Phi) is 4.09. The number of Topliss-reactive ketones (excluding diaryl/α,β-unsaturated/α-hetero) is 1. The molecule has 0 spiro atoms. The van der Waals surface area contributed by atoms with Crippen molar-refractivity contribution < 1.29 is 4.79 Å². The zero-order valence-electron chi connectivity index (χ0n) is 15.2. The van der Waals surface area contributed by atoms with Crippen molar-refractivity contribution in [2.75, 3.05) is 13.1 Å². The van der Waals surface area contributed by atoms with Crippen LogP contribution in [0.15, 0.2) is 48.9 Å². The van der Waals surface area contributed by atoms with Crippen LogP contribution in [0, 0.1) is 0 Å². The molecule has 2 aromatic heterocycles. The number of carbonyl (C=O) groups excluding carboxylic acids is 1. The van der Waals surface area contributed by atoms with Gasteiger partial charge in [-0.15, -0.1) is 0 Å². The molecule has 2 aliphatic rings. The molecule has 27 heavy (non-hydrogen) atoms. The molecule has 1 aliphatic carbocycles. The van der Waals surface area contributed by atoms with Gasteiger partial charge in [0.25, 0.3) is 0 Å². The summed E-state index contributed by atoms with van der Waals surface area (Å²) in [5, 5.41) is 8.40. The molecular formula is C22H22N4O. The highest BCUT2D eigenvalue weighted by atomic mass is 16.1. The van der Waals surface area contributed by atoms with E-state index in [0.29, 0.717) is 12.5 Å². The number of aromatic nitrogens is 3. The minimum atomic E-state index is 0.260. The number of benzene rings is 1. The quantitative estimate of drug-likeness (QED) is 0.776. The SMILES string of the molecule is O=C1CCc2cc(-c3cn(C4CCNCC4)nc3-c3ccncc3)ccc21. The van der Waals surface area contributed by atoms with E-state index in [9.17, 15) is 4.79 Å². The van der Waals surface area contributed by atoms with Crippen molar-refractivity contribution in [1.29, 1.82) is 0 Å². The number of piperidine rings is 1. The first-order valence-electron chi connectivity index (χ1n) is 9.66. The fourth-order valence-corrected chi connectivity index (χ4v) is 4.21. The lowest BCUT2D eigenvalue weighted by molar-refractivity contribution is 0.0994. The smallest absolute Gasteiger partial charge is 0.163 e. The Bertz CT molecular complexity index is 987. The van der Waals surface area contributed by atoms with Gasteiger partial charge in [0.1, 0.15) is 5.69 Å². The summed E-state index contributed by atoms with van der Waals surface area (Å²) in [6, 6.07) is 10.7. The van der Waals surface area contributed by atoms with E-state index in [4.69, 9.17) is 5.10 Å². The van der Waals surface area contributed by atoms with E-state index in [1.165, 1.54) is 0 Å². The topological polar surface area (TPSA) is 59.8 Å². The number of nitrogens with zero attached hydrogens (tertiary/aromatic N) is 3. The van der Waals surface area contributed by atoms with Crippen molar-refractivity contribution in [3.63, 3.8) is 0 Å². The van der Waals surface area contributed by atoms with Gasteiger partial charge in [-0.25, -0.2) is 0 Å². The summed E-state index contributed by atoms with van der Waals surface area (Å²) in [5.74, 6) is 0.260. The molecule has 1 N–H and O–H groups in total. The largest absolute Gasteiger partial charge is 0.317 e. The first-order valence-corrected chi connectivity index (χ1v) is 9.66. The van der Waals surface area contributed by atoms with Crippen LogP contribution in [0.4, 0.5) is 0 Å². The molecule has 0 unspecified atom stereocenters. The molecule has 0 amide bonds. The molecule has 1 aromatic carbocycles. The van der Waals surface area contributed by atoms with Crippen LogP contribution in [0.5, 0.6) is 0 Å². The predicted octanol–water partition coefficient (Wildman–Crippen LogP) is 3.67. The number of pyridine rings is 1. The summed E-state index contributed by atoms with van der Waals surface area (Å²) in [6.45, 7) is 2.07. The molecule has 0 atom stereocenters. The van der Waals surface area contributed by atoms with E-state index in [-0.39, 0.29) is 5.78 Å². The normalized spacial score (nSPS) is 17.3. The summed E-state index contributed by atoms with van der Waals surface area (Å²) in [5.41, 5.74) is 6.37. The number of hydrogen-bond acceptors (Lipinski definition) is 4. The second-order valence-corrected chi connectivity index (χ2v) is 7.38. The number of hydrogen-bond donors (Lipinski definition) is 1. The third kappa shape index (κ3) is 2.98. The van der Waals surface area contributed by atoms with Crippen molar-refractivity contribution >= 4 is 5.78 Å². The summed E-state index contributed by atoms with van der Waals surface area (Å²) < 4.78 is 2.14. The van der Waals surface area contributed by atoms with Crippen LogP contribution >= 0.6 is 0 Å². The van der Waals surface area contributed by atoms with Gasteiger partial charge in [-0.05, 0) is 55.6 Å². The second kappa shape index (κ2) is 6.74. The van der Waals surface area contributed by atoms with E-state index >= 15 is 0 Å². The standard InChI is InChI=1S/C22H22N4O/c27-21-4-2-16-13-17(1-3-19(16)21)20-14-26(18-7-11-24-12-8-18)25-22(20)15-5-9-23-10-6-15/h1,3,5-6,9-10,13-14,18,24H,2,4,7-8,11-12H2. The van der Waals surface area contributed by atoms with E-state index in [1.54, 1.807) is 0 Å². The molecule has 3 aromatic rings. The molecule has 136 valence electrons. The van der Waals surface area contributed by atoms with Crippen molar-refractivity contribution in [3.05, 3.63) is 60.0 Å². The number of fused-ring (bicyclic) bond motifs is 1. The van der Waals surface area contributed by atoms with Gasteiger partial charge in [-0.3, -0.25) is 14.5 Å². The third-order valence-corrected chi connectivity index (χ3v) is 5.71. The van der Waals surface area contributed by atoms with Crippen LogP contribution < -0.4 is 5.32 Å². The van der Waals surface area contributed by atoms with Crippen LogP contribution in [0.25, 0.3) is 22.4 Å². The highest BCUT2D eigenvalue weighted by molar-refractivity contribution is 6.01. The van der Waals surface area contributed by atoms with Gasteiger partial charge in [-0.1, -0.05) is 18.2 Å². The maximum absolute atomic E-state index is 12.0. The number of carbonyl (C=O) groups is 1. The Morgan fingerprint density at radius 2 is 1.78 bits per heavy atom. The average Bonchev–Trinajstić information content (AvgIpc) is 3.33. The van der Waals surface area contributed by atoms with Gasteiger partial charge in [0.15, 0.2) is 5.78 Å². The van der Waals surface area contributed by atoms with E-state index < -0.39 is 0 Å². The maximum Gasteiger partial charge on any atom is 0.163 e. The minimum Gasteiger partial charge on any atom is -0.317 e. The van der Waals surface area contributed by atoms with Gasteiger partial charge >= 0.3 is 0 Å². The number of nitrogens with one attached hydrogen (secondary N) is 1. The Morgan fingerprint density at radius 3 is 2.59 bits per heavy atom. The van der Waals surface area contributed by atoms with Gasteiger partial charge < -0.3 is 5.32 Å². The van der Waals surface area contributed by atoms with Gasteiger partial charge in [0.05, 0.1) is 6.04 Å². The zero-order valence-corrected chi connectivity index (χ0v) is 15.2. The molecule has 5 rings (SSSR count). The lowest BCUT2D eigenvalue weighted by Crippen LogP contribution is -2.29. The Hall–Kier alpha value is -2.79. The van der Waals surface area contributed by atoms with Crippen LogP contribution in [-0.2, 0) is 6.42 Å². The molecule has 0 radical (unpaired) electrons. The first-order chi connectivity index (χ1) is 13.3. The molecule has 3 heterocycles. The number of ketones is 1. The molecule has 1 saturated heterocycles. The average molecular weight is 358 g/mol. The second-order valence-electron chi connectivity index (χ2n) is 7.38. The number of rotatable bonds is 3. The van der Waals surface area contributed by atoms with Crippen molar-refractivity contribution in [2.45, 2.75) is 31.7 Å². The highest BCUT2D eigenvalue weighted by Gasteiger charge is 2.23. The maximum atomic E-state index is 12.0. The molecule has 0 saturated carbocycles. The van der Waals surface area contributed by atoms with E-state index in [2.05, 4.69) is 33.3 Å². The van der Waals surface area contributed by atoms with E-state index in [0.717, 1.165) is 65.9 Å². The van der Waals surface area contributed by atoms with Crippen LogP contribution in [0.2, 0.25) is 0 Å². The molecule has 1 fully saturated rings. The Labute approximate surface area is 158 Å². The van der Waals surface area contributed by atoms with Gasteiger partial charge in [-0.2, -0.15) is 5.10 Å². The zero-order chi connectivity index (χ0) is 18.2. The fraction of sp³-hybridized carbons (Fsp3) is 0.318. The lowest BCUT2D eigenvalue weighted by atomic mass is 9.98. The van der Waals surface area contributed by atoms with Crippen LogP contribution in [0.3, 0.4) is 0 Å². The van der Waals surface area contributed by atoms with E-state index in [1.807, 2.05) is 30.6 Å². The van der Waals surface area contributed by atoms with Gasteiger partial charge in [0, 0.05) is 41.7 Å². The van der Waals surface area contributed by atoms with Crippen LogP contribution in [-0.4, -0.2) is 33.6 Å².